The van der Waals surface area contributed by atoms with Gasteiger partial charge in [-0.3, -0.25) is 0 Å². The van der Waals surface area contributed by atoms with E-state index < -0.39 is 21.9 Å². The molecule has 4 nitrogen and oxygen atoms in total. The minimum atomic E-state index is -3.89. The maximum Gasteiger partial charge on any atom is 0.244 e. The Labute approximate surface area is 128 Å². The topological polar surface area (TPSA) is 58.2 Å². The van der Waals surface area contributed by atoms with E-state index in [-0.39, 0.29) is 4.90 Å². The second-order valence-corrected chi connectivity index (χ2v) is 7.16. The third-order valence-electron chi connectivity index (χ3n) is 3.04. The molecule has 0 saturated heterocycles. The maximum atomic E-state index is 14.0. The van der Waals surface area contributed by atoms with Crippen LogP contribution in [0.4, 0.5) is 4.39 Å². The van der Waals surface area contributed by atoms with Crippen LogP contribution in [0.3, 0.4) is 0 Å². The molecular formula is C14H17FN2O2S2. The molecule has 0 radical (unpaired) electrons. The van der Waals surface area contributed by atoms with Gasteiger partial charge in [0.15, 0.2) is 0 Å². The highest BCUT2D eigenvalue weighted by Crippen LogP contribution is 2.21. The Morgan fingerprint density at radius 3 is 2.67 bits per heavy atom. The van der Waals surface area contributed by atoms with Crippen molar-refractivity contribution in [2.24, 2.45) is 0 Å². The molecule has 0 aliphatic heterocycles. The van der Waals surface area contributed by atoms with Gasteiger partial charge in [-0.25, -0.2) is 17.5 Å². The Balaban J connectivity index is 2.23. The fourth-order valence-electron chi connectivity index (χ4n) is 1.96. The maximum absolute atomic E-state index is 14.0. The summed E-state index contributed by atoms with van der Waals surface area (Å²) in [5.74, 6) is -0.743. The largest absolute Gasteiger partial charge is 0.316 e. The molecule has 0 aliphatic carbocycles. The van der Waals surface area contributed by atoms with Crippen LogP contribution in [0.5, 0.6) is 0 Å². The van der Waals surface area contributed by atoms with Crippen molar-refractivity contribution in [1.29, 1.82) is 0 Å². The summed E-state index contributed by atoms with van der Waals surface area (Å²) in [4.78, 5) is -0.329. The summed E-state index contributed by atoms with van der Waals surface area (Å²) in [6.07, 6.45) is 0. The molecule has 0 bridgehead atoms. The van der Waals surface area contributed by atoms with Crippen molar-refractivity contribution in [3.05, 3.63) is 52.0 Å². The van der Waals surface area contributed by atoms with Crippen molar-refractivity contribution >= 4 is 21.4 Å². The zero-order valence-corrected chi connectivity index (χ0v) is 13.4. The van der Waals surface area contributed by atoms with E-state index in [0.717, 1.165) is 5.56 Å². The third-order valence-corrected chi connectivity index (χ3v) is 5.32. The molecule has 2 aromatic rings. The van der Waals surface area contributed by atoms with Gasteiger partial charge < -0.3 is 5.32 Å². The van der Waals surface area contributed by atoms with Crippen molar-refractivity contribution in [2.45, 2.75) is 24.4 Å². The smallest absolute Gasteiger partial charge is 0.244 e. The fourth-order valence-corrected chi connectivity index (χ4v) is 4.01. The molecule has 0 aliphatic rings. The van der Waals surface area contributed by atoms with E-state index >= 15 is 0 Å². The molecule has 0 amide bonds. The highest BCUT2D eigenvalue weighted by Gasteiger charge is 2.22. The number of benzene rings is 1. The Morgan fingerprint density at radius 2 is 2.10 bits per heavy atom. The zero-order chi connectivity index (χ0) is 15.5. The molecule has 0 spiro atoms. The minimum Gasteiger partial charge on any atom is -0.316 e. The van der Waals surface area contributed by atoms with E-state index in [4.69, 9.17) is 0 Å². The van der Waals surface area contributed by atoms with Gasteiger partial charge in [0.2, 0.25) is 10.0 Å². The van der Waals surface area contributed by atoms with E-state index in [0.29, 0.717) is 12.1 Å². The first kappa shape index (κ1) is 16.1. The predicted octanol–water partition coefficient (Wildman–Crippen LogP) is 2.65. The Kier molecular flexibility index (Phi) is 5.10. The van der Waals surface area contributed by atoms with Gasteiger partial charge in [-0.2, -0.15) is 11.3 Å². The van der Waals surface area contributed by atoms with Gasteiger partial charge in [-0.15, -0.1) is 0 Å². The van der Waals surface area contributed by atoms with Gasteiger partial charge >= 0.3 is 0 Å². The van der Waals surface area contributed by atoms with Gasteiger partial charge in [-0.05, 0) is 54.1 Å². The lowest BCUT2D eigenvalue weighted by molar-refractivity contribution is 0.546. The summed E-state index contributed by atoms with van der Waals surface area (Å²) in [6, 6.07) is 5.57. The molecule has 0 saturated carbocycles. The van der Waals surface area contributed by atoms with Crippen molar-refractivity contribution in [2.75, 3.05) is 7.05 Å². The Bertz CT molecular complexity index is 700. The van der Waals surface area contributed by atoms with E-state index in [1.165, 1.54) is 23.5 Å². The lowest BCUT2D eigenvalue weighted by Gasteiger charge is -2.14. The van der Waals surface area contributed by atoms with Gasteiger partial charge in [0.05, 0.1) is 0 Å². The number of nitrogens with one attached hydrogen (secondary N) is 2. The summed E-state index contributed by atoms with van der Waals surface area (Å²) in [5, 5.41) is 6.62. The molecular weight excluding hydrogens is 311 g/mol. The predicted molar refractivity (Wildman–Crippen MR) is 82.2 cm³/mol. The second-order valence-electron chi connectivity index (χ2n) is 4.69. The zero-order valence-electron chi connectivity index (χ0n) is 11.8. The number of halogens is 1. The lowest BCUT2D eigenvalue weighted by atomic mass is 10.2. The van der Waals surface area contributed by atoms with Gasteiger partial charge in [0, 0.05) is 12.6 Å². The second kappa shape index (κ2) is 6.65. The number of hydrogen-bond donors (Lipinski definition) is 2. The van der Waals surface area contributed by atoms with Crippen LogP contribution in [0.2, 0.25) is 0 Å². The first-order valence-electron chi connectivity index (χ1n) is 6.41. The standard InChI is InChI=1S/C14H17FN2O2S2/c1-10(12-5-6-20-9-12)17-21(18,19)14-4-3-11(8-16-2)7-13(14)15/h3-7,9-10,16-17H,8H2,1-2H3. The highest BCUT2D eigenvalue weighted by molar-refractivity contribution is 7.89. The lowest BCUT2D eigenvalue weighted by Crippen LogP contribution is -2.27. The minimum absolute atomic E-state index is 0.329. The van der Waals surface area contributed by atoms with Crippen molar-refractivity contribution in [3.8, 4) is 0 Å². The molecule has 2 N–H and O–H groups in total. The third kappa shape index (κ3) is 3.88. The van der Waals surface area contributed by atoms with E-state index in [2.05, 4.69) is 10.0 Å². The summed E-state index contributed by atoms with van der Waals surface area (Å²) in [7, 11) is -2.15. The summed E-state index contributed by atoms with van der Waals surface area (Å²) in [6.45, 7) is 2.21. The van der Waals surface area contributed by atoms with E-state index in [1.54, 1.807) is 20.0 Å². The first-order chi connectivity index (χ1) is 9.94. The molecule has 1 unspecified atom stereocenters. The first-order valence-corrected chi connectivity index (χ1v) is 8.84. The normalized spacial score (nSPS) is 13.3. The number of thiophene rings is 1. The van der Waals surface area contributed by atoms with Gasteiger partial charge in [0.1, 0.15) is 10.7 Å². The summed E-state index contributed by atoms with van der Waals surface area (Å²) >= 11 is 1.48. The van der Waals surface area contributed by atoms with Crippen LogP contribution in [0.25, 0.3) is 0 Å². The molecule has 1 aromatic carbocycles. The van der Waals surface area contributed by atoms with Crippen LogP contribution < -0.4 is 10.0 Å². The van der Waals surface area contributed by atoms with E-state index in [9.17, 15) is 12.8 Å². The SMILES string of the molecule is CNCc1ccc(S(=O)(=O)NC(C)c2ccsc2)c(F)c1. The monoisotopic (exact) mass is 328 g/mol. The van der Waals surface area contributed by atoms with Crippen LogP contribution in [-0.2, 0) is 16.6 Å². The number of sulfonamides is 1. The summed E-state index contributed by atoms with van der Waals surface area (Å²) < 4.78 is 41.0. The van der Waals surface area contributed by atoms with Gasteiger partial charge in [0.25, 0.3) is 0 Å². The van der Waals surface area contributed by atoms with Gasteiger partial charge in [-0.1, -0.05) is 6.07 Å². The molecule has 1 heterocycles. The van der Waals surface area contributed by atoms with Crippen molar-refractivity contribution in [3.63, 3.8) is 0 Å². The molecule has 2 rings (SSSR count). The molecule has 114 valence electrons. The highest BCUT2D eigenvalue weighted by atomic mass is 32.2. The van der Waals surface area contributed by atoms with E-state index in [1.807, 2.05) is 16.8 Å². The number of hydrogen-bond acceptors (Lipinski definition) is 4. The van der Waals surface area contributed by atoms with Crippen molar-refractivity contribution in [1.82, 2.24) is 10.0 Å². The van der Waals surface area contributed by atoms with Crippen LogP contribution in [0.1, 0.15) is 24.1 Å². The average molecular weight is 328 g/mol. The Morgan fingerprint density at radius 1 is 1.33 bits per heavy atom. The molecule has 7 heteroatoms. The molecule has 21 heavy (non-hydrogen) atoms. The van der Waals surface area contributed by atoms with Crippen LogP contribution in [-0.4, -0.2) is 15.5 Å². The fraction of sp³-hybridized carbons (Fsp3) is 0.286. The molecule has 0 fully saturated rings. The average Bonchev–Trinajstić information content (AvgIpc) is 2.92. The quantitative estimate of drug-likeness (QED) is 0.857. The molecule has 1 atom stereocenters. The van der Waals surface area contributed by atoms with Crippen molar-refractivity contribution < 1.29 is 12.8 Å². The Hall–Kier alpha value is -1.28. The van der Waals surface area contributed by atoms with Crippen LogP contribution >= 0.6 is 11.3 Å². The van der Waals surface area contributed by atoms with Crippen LogP contribution in [0.15, 0.2) is 39.9 Å². The molecule has 1 aromatic heterocycles. The van der Waals surface area contributed by atoms with Crippen LogP contribution in [0, 0.1) is 5.82 Å². The summed E-state index contributed by atoms with van der Waals surface area (Å²) in [5.41, 5.74) is 1.55. The number of rotatable bonds is 6.